The third kappa shape index (κ3) is 4.28. The van der Waals surface area contributed by atoms with E-state index in [1.165, 1.54) is 24.4 Å². The summed E-state index contributed by atoms with van der Waals surface area (Å²) in [7, 11) is 0. The highest BCUT2D eigenvalue weighted by atomic mass is 19.4. The molecular weight excluding hydrogens is 401 g/mol. The smallest absolute Gasteiger partial charge is 0.431 e. The molecule has 1 N–H and O–H groups in total. The Kier molecular flexibility index (Phi) is 5.40. The fourth-order valence-electron chi connectivity index (χ4n) is 3.02. The van der Waals surface area contributed by atoms with Gasteiger partial charge in [-0.25, -0.2) is 14.8 Å². The van der Waals surface area contributed by atoms with Crippen LogP contribution in [0.25, 0.3) is 11.5 Å². The molecule has 10 heteroatoms. The van der Waals surface area contributed by atoms with Crippen LogP contribution in [0, 0.1) is 0 Å². The summed E-state index contributed by atoms with van der Waals surface area (Å²) in [6, 6.07) is 11.1. The van der Waals surface area contributed by atoms with E-state index in [4.69, 9.17) is 9.15 Å². The number of oxazole rings is 1. The second-order valence-electron chi connectivity index (χ2n) is 6.54. The number of halogens is 3. The fraction of sp³-hybridized carbons (Fsp3) is 0.250. The lowest BCUT2D eigenvalue weighted by Crippen LogP contribution is -2.43. The van der Waals surface area contributed by atoms with Gasteiger partial charge in [-0.05, 0) is 24.3 Å². The monoisotopic (exact) mass is 418 g/mol. The largest absolute Gasteiger partial charge is 0.452 e. The van der Waals surface area contributed by atoms with Crippen LogP contribution in [0.4, 0.5) is 19.0 Å². The number of ether oxygens (including phenoxy) is 1. The zero-order chi connectivity index (χ0) is 21.1. The Bertz CT molecular complexity index is 1010. The predicted molar refractivity (Wildman–Crippen MR) is 101 cm³/mol. The van der Waals surface area contributed by atoms with Crippen LogP contribution < -0.4 is 15.0 Å². The molecule has 4 rings (SSSR count). The highest BCUT2D eigenvalue weighted by Crippen LogP contribution is 2.35. The van der Waals surface area contributed by atoms with Crippen molar-refractivity contribution in [1.29, 1.82) is 0 Å². The molecule has 0 amide bonds. The number of carbonyl (C=O) groups excluding carboxylic acids is 1. The van der Waals surface area contributed by atoms with Crippen LogP contribution in [0.3, 0.4) is 0 Å². The molecule has 7 nitrogen and oxygen atoms in total. The number of nitrogens with one attached hydrogen (secondary N) is 1. The minimum atomic E-state index is -4.90. The number of pyridine rings is 1. The Morgan fingerprint density at radius 2 is 1.83 bits per heavy atom. The van der Waals surface area contributed by atoms with Gasteiger partial charge in [-0.3, -0.25) is 0 Å². The number of nitrogens with zero attached hydrogens (tertiary/aromatic N) is 3. The molecule has 2 aromatic heterocycles. The molecule has 0 radical (unpaired) electrons. The van der Waals surface area contributed by atoms with E-state index < -0.39 is 23.6 Å². The summed E-state index contributed by atoms with van der Waals surface area (Å²) in [5, 5.41) is 3.22. The lowest BCUT2D eigenvalue weighted by atomic mass is 10.2. The van der Waals surface area contributed by atoms with E-state index in [0.717, 1.165) is 26.2 Å². The predicted octanol–water partition coefficient (Wildman–Crippen LogP) is 3.38. The molecule has 1 saturated heterocycles. The molecule has 1 aliphatic heterocycles. The number of piperazine rings is 1. The standard InChI is InChI=1S/C20H17F3N4O3/c21-20(22,23)17-16(26-18(30-17)13-4-2-1-3-5-13)19(28)29-14-6-7-15(25-12-14)27-10-8-24-9-11-27/h1-7,12,24H,8-11H2. The van der Waals surface area contributed by atoms with Gasteiger partial charge >= 0.3 is 12.1 Å². The number of aromatic nitrogens is 2. The Balaban J connectivity index is 1.56. The van der Waals surface area contributed by atoms with Crippen LogP contribution in [0.2, 0.25) is 0 Å². The molecule has 156 valence electrons. The maximum Gasteiger partial charge on any atom is 0.452 e. The van der Waals surface area contributed by atoms with Crippen molar-refractivity contribution in [1.82, 2.24) is 15.3 Å². The first-order chi connectivity index (χ1) is 14.4. The minimum Gasteiger partial charge on any atom is -0.431 e. The summed E-state index contributed by atoms with van der Waals surface area (Å²) >= 11 is 0. The van der Waals surface area contributed by atoms with Gasteiger partial charge in [0.25, 0.3) is 0 Å². The number of benzene rings is 1. The zero-order valence-electron chi connectivity index (χ0n) is 15.6. The van der Waals surface area contributed by atoms with Crippen molar-refractivity contribution >= 4 is 11.8 Å². The van der Waals surface area contributed by atoms with Gasteiger partial charge in [0.15, 0.2) is 0 Å². The second kappa shape index (κ2) is 8.15. The molecule has 3 heterocycles. The van der Waals surface area contributed by atoms with E-state index in [1.54, 1.807) is 24.3 Å². The van der Waals surface area contributed by atoms with Gasteiger partial charge in [-0.2, -0.15) is 13.2 Å². The SMILES string of the molecule is O=C(Oc1ccc(N2CCNCC2)nc1)c1nc(-c2ccccc2)oc1C(F)(F)F. The molecule has 0 atom stereocenters. The normalized spacial score (nSPS) is 14.6. The Morgan fingerprint density at radius 3 is 2.47 bits per heavy atom. The zero-order valence-corrected chi connectivity index (χ0v) is 15.6. The average Bonchev–Trinajstić information content (AvgIpc) is 3.22. The van der Waals surface area contributed by atoms with E-state index in [9.17, 15) is 18.0 Å². The first-order valence-corrected chi connectivity index (χ1v) is 9.19. The molecular formula is C20H17F3N4O3. The summed E-state index contributed by atoms with van der Waals surface area (Å²) in [5.41, 5.74) is -0.628. The van der Waals surface area contributed by atoms with Crippen LogP contribution >= 0.6 is 0 Å². The Labute approximate surface area is 169 Å². The molecule has 1 fully saturated rings. The van der Waals surface area contributed by atoms with Crippen molar-refractivity contribution in [3.63, 3.8) is 0 Å². The van der Waals surface area contributed by atoms with Crippen LogP contribution in [-0.2, 0) is 6.18 Å². The summed E-state index contributed by atoms with van der Waals surface area (Å²) in [6.07, 6.45) is -3.61. The maximum atomic E-state index is 13.4. The van der Waals surface area contributed by atoms with E-state index in [1.807, 2.05) is 4.90 Å². The van der Waals surface area contributed by atoms with Crippen LogP contribution in [-0.4, -0.2) is 42.1 Å². The molecule has 1 aliphatic rings. The summed E-state index contributed by atoms with van der Waals surface area (Å²) in [5.74, 6) is -2.39. The van der Waals surface area contributed by atoms with Gasteiger partial charge in [-0.1, -0.05) is 18.2 Å². The number of alkyl halides is 3. The van der Waals surface area contributed by atoms with Crippen LogP contribution in [0.1, 0.15) is 16.2 Å². The average molecular weight is 418 g/mol. The van der Waals surface area contributed by atoms with E-state index >= 15 is 0 Å². The van der Waals surface area contributed by atoms with Gasteiger partial charge in [-0.15, -0.1) is 0 Å². The third-order valence-corrected chi connectivity index (χ3v) is 4.47. The Hall–Kier alpha value is -3.40. The molecule has 3 aromatic rings. The molecule has 0 saturated carbocycles. The number of esters is 1. The van der Waals surface area contributed by atoms with Crippen molar-refractivity contribution in [3.05, 3.63) is 60.1 Å². The Morgan fingerprint density at radius 1 is 1.10 bits per heavy atom. The number of hydrogen-bond acceptors (Lipinski definition) is 7. The van der Waals surface area contributed by atoms with Gasteiger partial charge in [0.05, 0.1) is 6.20 Å². The second-order valence-corrected chi connectivity index (χ2v) is 6.54. The number of rotatable bonds is 4. The molecule has 0 bridgehead atoms. The highest BCUT2D eigenvalue weighted by Gasteiger charge is 2.42. The highest BCUT2D eigenvalue weighted by molar-refractivity contribution is 5.90. The number of hydrogen-bond donors (Lipinski definition) is 1. The summed E-state index contributed by atoms with van der Waals surface area (Å²) in [4.78, 5) is 22.4. The van der Waals surface area contributed by atoms with E-state index in [-0.39, 0.29) is 11.6 Å². The van der Waals surface area contributed by atoms with Crippen molar-refractivity contribution < 1.29 is 27.1 Å². The lowest BCUT2D eigenvalue weighted by molar-refractivity contribution is -0.153. The number of anilines is 1. The number of carbonyl (C=O) groups is 1. The van der Waals surface area contributed by atoms with Crippen molar-refractivity contribution in [2.24, 2.45) is 0 Å². The van der Waals surface area contributed by atoms with Crippen molar-refractivity contribution in [2.45, 2.75) is 6.18 Å². The first kappa shape index (κ1) is 19.9. The van der Waals surface area contributed by atoms with Crippen molar-refractivity contribution in [2.75, 3.05) is 31.1 Å². The van der Waals surface area contributed by atoms with E-state index in [2.05, 4.69) is 15.3 Å². The van der Waals surface area contributed by atoms with Crippen LogP contribution in [0.5, 0.6) is 5.75 Å². The van der Waals surface area contributed by atoms with Gasteiger partial charge in [0.2, 0.25) is 17.3 Å². The van der Waals surface area contributed by atoms with Gasteiger partial charge in [0.1, 0.15) is 11.6 Å². The third-order valence-electron chi connectivity index (χ3n) is 4.47. The topological polar surface area (TPSA) is 80.5 Å². The maximum absolute atomic E-state index is 13.4. The first-order valence-electron chi connectivity index (χ1n) is 9.19. The van der Waals surface area contributed by atoms with Gasteiger partial charge in [0, 0.05) is 31.7 Å². The molecule has 1 aromatic carbocycles. The van der Waals surface area contributed by atoms with Gasteiger partial charge < -0.3 is 19.4 Å². The van der Waals surface area contributed by atoms with Crippen molar-refractivity contribution in [3.8, 4) is 17.2 Å². The van der Waals surface area contributed by atoms with E-state index in [0.29, 0.717) is 11.4 Å². The van der Waals surface area contributed by atoms with Crippen LogP contribution in [0.15, 0.2) is 53.1 Å². The molecule has 0 aliphatic carbocycles. The molecule has 0 spiro atoms. The minimum absolute atomic E-state index is 0.0104. The quantitative estimate of drug-likeness (QED) is 0.651. The summed E-state index contributed by atoms with van der Waals surface area (Å²) in [6.45, 7) is 3.22. The molecule has 30 heavy (non-hydrogen) atoms. The fourth-order valence-corrected chi connectivity index (χ4v) is 3.02. The lowest BCUT2D eigenvalue weighted by Gasteiger charge is -2.28. The molecule has 0 unspecified atom stereocenters. The summed E-state index contributed by atoms with van der Waals surface area (Å²) < 4.78 is 50.0.